The Morgan fingerprint density at radius 3 is 2.79 bits per heavy atom. The molecule has 0 fully saturated rings. The van der Waals surface area contributed by atoms with Gasteiger partial charge < -0.3 is 10.6 Å². The number of ether oxygens (including phenoxy) is 1. The Balaban J connectivity index is 2.12. The van der Waals surface area contributed by atoms with Crippen molar-refractivity contribution in [3.05, 3.63) is 17.5 Å². The average molecular weight is 282 g/mol. The van der Waals surface area contributed by atoms with Gasteiger partial charge in [-0.25, -0.2) is 9.36 Å². The summed E-state index contributed by atoms with van der Waals surface area (Å²) in [4.78, 5) is 0. The molecule has 19 heavy (non-hydrogen) atoms. The molecule has 2 N–H and O–H groups in total. The number of hydrogen-bond donors (Lipinski definition) is 1. The van der Waals surface area contributed by atoms with E-state index in [4.69, 9.17) is 10.6 Å². The molecule has 2 aromatic rings. The van der Waals surface area contributed by atoms with Gasteiger partial charge in [0.1, 0.15) is 0 Å². The molecular formula is C11H18N6OS. The van der Waals surface area contributed by atoms with Gasteiger partial charge >= 0.3 is 0 Å². The minimum atomic E-state index is 0.518. The maximum absolute atomic E-state index is 6.00. The van der Waals surface area contributed by atoms with Gasteiger partial charge in [0.25, 0.3) is 5.95 Å². The van der Waals surface area contributed by atoms with Crippen molar-refractivity contribution in [2.45, 2.75) is 25.9 Å². The predicted molar refractivity (Wildman–Crippen MR) is 74.0 cm³/mol. The van der Waals surface area contributed by atoms with E-state index in [1.54, 1.807) is 4.68 Å². The van der Waals surface area contributed by atoms with Crippen molar-refractivity contribution < 1.29 is 4.74 Å². The Morgan fingerprint density at radius 2 is 2.16 bits per heavy atom. The van der Waals surface area contributed by atoms with Crippen LogP contribution in [0.2, 0.25) is 0 Å². The van der Waals surface area contributed by atoms with Crippen LogP contribution in [0.25, 0.3) is 5.95 Å². The maximum Gasteiger partial charge on any atom is 0.271 e. The van der Waals surface area contributed by atoms with Gasteiger partial charge in [-0.3, -0.25) is 0 Å². The molecule has 0 atom stereocenters. The number of nitrogens with two attached hydrogens (primary N) is 1. The molecule has 0 unspecified atom stereocenters. The first-order chi connectivity index (χ1) is 9.13. The van der Waals surface area contributed by atoms with E-state index in [0.29, 0.717) is 24.3 Å². The molecule has 2 heterocycles. The van der Waals surface area contributed by atoms with Crippen LogP contribution in [0.4, 0.5) is 0 Å². The summed E-state index contributed by atoms with van der Waals surface area (Å²) >= 11 is 1.51. The molecule has 8 heteroatoms. The number of aromatic nitrogens is 5. The molecule has 104 valence electrons. The van der Waals surface area contributed by atoms with Crippen LogP contribution in [0, 0.1) is 13.8 Å². The lowest BCUT2D eigenvalue weighted by atomic mass is 10.4. The van der Waals surface area contributed by atoms with Gasteiger partial charge in [0.2, 0.25) is 5.16 Å². The first-order valence-electron chi connectivity index (χ1n) is 6.08. The van der Waals surface area contributed by atoms with Gasteiger partial charge in [-0.1, -0.05) is 11.8 Å². The van der Waals surface area contributed by atoms with E-state index in [9.17, 15) is 0 Å². The predicted octanol–water partition coefficient (Wildman–Crippen LogP) is 0.923. The van der Waals surface area contributed by atoms with Crippen LogP contribution in [0.1, 0.15) is 18.3 Å². The van der Waals surface area contributed by atoms with E-state index >= 15 is 0 Å². The monoisotopic (exact) mass is 282 g/mol. The Labute approximate surface area is 116 Å². The number of hydrogen-bond acceptors (Lipinski definition) is 6. The zero-order chi connectivity index (χ0) is 13.8. The van der Waals surface area contributed by atoms with Crippen molar-refractivity contribution in [1.82, 2.24) is 24.7 Å². The van der Waals surface area contributed by atoms with Crippen LogP contribution in [0.5, 0.6) is 0 Å². The number of nitrogens with zero attached hydrogens (tertiary/aromatic N) is 5. The first-order valence-corrected chi connectivity index (χ1v) is 7.06. The summed E-state index contributed by atoms with van der Waals surface area (Å²) < 4.78 is 8.42. The molecule has 0 bridgehead atoms. The van der Waals surface area contributed by atoms with Gasteiger partial charge in [-0.15, -0.1) is 10.2 Å². The molecular weight excluding hydrogens is 264 g/mol. The Morgan fingerprint density at radius 1 is 1.37 bits per heavy atom. The minimum absolute atomic E-state index is 0.518. The van der Waals surface area contributed by atoms with Crippen molar-refractivity contribution in [1.29, 1.82) is 0 Å². The van der Waals surface area contributed by atoms with Crippen LogP contribution in [-0.2, 0) is 4.74 Å². The highest BCUT2D eigenvalue weighted by Crippen LogP contribution is 2.17. The summed E-state index contributed by atoms with van der Waals surface area (Å²) in [6.07, 6.45) is 0. The third-order valence-electron chi connectivity index (χ3n) is 2.51. The molecule has 0 radical (unpaired) electrons. The zero-order valence-electron chi connectivity index (χ0n) is 11.3. The van der Waals surface area contributed by atoms with Crippen LogP contribution >= 0.6 is 11.8 Å². The second-order valence-electron chi connectivity index (χ2n) is 4.04. The van der Waals surface area contributed by atoms with E-state index in [1.807, 2.05) is 26.8 Å². The van der Waals surface area contributed by atoms with E-state index in [1.165, 1.54) is 16.4 Å². The highest BCUT2D eigenvalue weighted by atomic mass is 32.2. The normalized spacial score (nSPS) is 11.1. The quantitative estimate of drug-likeness (QED) is 0.482. The van der Waals surface area contributed by atoms with Crippen LogP contribution in [0.15, 0.2) is 11.2 Å². The lowest BCUT2D eigenvalue weighted by molar-refractivity contribution is 0.164. The van der Waals surface area contributed by atoms with Crippen molar-refractivity contribution in [3.63, 3.8) is 0 Å². The summed E-state index contributed by atoms with van der Waals surface area (Å²) in [5.74, 6) is 7.31. The lowest BCUT2D eigenvalue weighted by Crippen LogP contribution is -2.17. The Hall–Kier alpha value is -1.54. The van der Waals surface area contributed by atoms with Gasteiger partial charge in [0.15, 0.2) is 0 Å². The number of rotatable bonds is 6. The largest absolute Gasteiger partial charge is 0.381 e. The van der Waals surface area contributed by atoms with Crippen molar-refractivity contribution in [2.24, 2.45) is 0 Å². The molecule has 0 aliphatic rings. The number of nitrogen functional groups attached to an aromatic ring is 1. The smallest absolute Gasteiger partial charge is 0.271 e. The molecule has 0 saturated heterocycles. The summed E-state index contributed by atoms with van der Waals surface area (Å²) in [6.45, 7) is 7.24. The van der Waals surface area contributed by atoms with Crippen molar-refractivity contribution in [2.75, 3.05) is 24.8 Å². The van der Waals surface area contributed by atoms with Crippen LogP contribution in [0.3, 0.4) is 0 Å². The minimum Gasteiger partial charge on any atom is -0.381 e. The van der Waals surface area contributed by atoms with E-state index in [0.717, 1.165) is 17.1 Å². The second kappa shape index (κ2) is 6.07. The fourth-order valence-electron chi connectivity index (χ4n) is 1.68. The zero-order valence-corrected chi connectivity index (χ0v) is 12.1. The third-order valence-corrected chi connectivity index (χ3v) is 3.42. The number of aryl methyl sites for hydroxylation is 2. The van der Waals surface area contributed by atoms with Gasteiger partial charge in [0, 0.05) is 18.1 Å². The van der Waals surface area contributed by atoms with E-state index in [-0.39, 0.29) is 0 Å². The SMILES string of the molecule is CCOCCSc1nnc(-n2nc(C)cc2C)n1N. The third kappa shape index (κ3) is 3.07. The molecule has 0 spiro atoms. The van der Waals surface area contributed by atoms with Crippen molar-refractivity contribution >= 4 is 11.8 Å². The van der Waals surface area contributed by atoms with E-state index < -0.39 is 0 Å². The molecule has 0 aliphatic heterocycles. The molecule has 0 aromatic carbocycles. The Kier molecular flexibility index (Phi) is 4.43. The lowest BCUT2D eigenvalue weighted by Gasteiger charge is -2.04. The molecule has 2 rings (SSSR count). The highest BCUT2D eigenvalue weighted by molar-refractivity contribution is 7.99. The standard InChI is InChI=1S/C11H18N6OS/c1-4-18-5-6-19-11-14-13-10(16(11)12)17-9(3)7-8(2)15-17/h7H,4-6,12H2,1-3H3. The summed E-state index contributed by atoms with van der Waals surface area (Å²) in [5, 5.41) is 13.2. The molecule has 0 amide bonds. The molecule has 2 aromatic heterocycles. The molecule has 7 nitrogen and oxygen atoms in total. The van der Waals surface area contributed by atoms with Gasteiger partial charge in [-0.2, -0.15) is 5.10 Å². The summed E-state index contributed by atoms with van der Waals surface area (Å²) in [7, 11) is 0. The molecule has 0 saturated carbocycles. The average Bonchev–Trinajstić information content (AvgIpc) is 2.88. The Bertz CT molecular complexity index is 549. The van der Waals surface area contributed by atoms with Crippen LogP contribution in [-0.4, -0.2) is 43.6 Å². The topological polar surface area (TPSA) is 83.8 Å². The molecule has 0 aliphatic carbocycles. The fraction of sp³-hybridized carbons (Fsp3) is 0.545. The maximum atomic E-state index is 6.00. The van der Waals surface area contributed by atoms with Gasteiger partial charge in [-0.05, 0) is 26.8 Å². The van der Waals surface area contributed by atoms with Gasteiger partial charge in [0.05, 0.1) is 12.3 Å². The van der Waals surface area contributed by atoms with Crippen molar-refractivity contribution in [3.8, 4) is 5.95 Å². The summed E-state index contributed by atoms with van der Waals surface area (Å²) in [6, 6.07) is 1.97. The summed E-state index contributed by atoms with van der Waals surface area (Å²) in [5.41, 5.74) is 1.90. The number of thioether (sulfide) groups is 1. The second-order valence-corrected chi connectivity index (χ2v) is 5.10. The van der Waals surface area contributed by atoms with E-state index in [2.05, 4.69) is 15.3 Å². The van der Waals surface area contributed by atoms with Crippen LogP contribution < -0.4 is 5.84 Å². The first kappa shape index (κ1) is 13.9. The highest BCUT2D eigenvalue weighted by Gasteiger charge is 2.14. The fourth-order valence-corrected chi connectivity index (χ4v) is 2.38.